The predicted molar refractivity (Wildman–Crippen MR) is 85.1 cm³/mol. The average molecular weight is 369 g/mol. The van der Waals surface area contributed by atoms with Gasteiger partial charge < -0.3 is 10.2 Å². The van der Waals surface area contributed by atoms with Crippen LogP contribution in [0.25, 0.3) is 0 Å². The highest BCUT2D eigenvalue weighted by molar-refractivity contribution is 6.55. The van der Waals surface area contributed by atoms with Crippen LogP contribution in [0.5, 0.6) is 0 Å². The van der Waals surface area contributed by atoms with Crippen LogP contribution in [0, 0.1) is 0 Å². The molecule has 1 aliphatic carbocycles. The molecule has 2 heterocycles. The highest BCUT2D eigenvalue weighted by Crippen LogP contribution is 2.26. The summed E-state index contributed by atoms with van der Waals surface area (Å²) >= 11 is 10.4. The molecule has 0 atom stereocenters. The summed E-state index contributed by atoms with van der Waals surface area (Å²) in [5.74, 6) is -3.99. The van der Waals surface area contributed by atoms with E-state index in [1.54, 1.807) is 36.9 Å². The van der Waals surface area contributed by atoms with Crippen molar-refractivity contribution in [1.29, 1.82) is 0 Å². The van der Waals surface area contributed by atoms with Crippen molar-refractivity contribution in [3.63, 3.8) is 0 Å². The molecule has 0 aromatic carbocycles. The van der Waals surface area contributed by atoms with Crippen LogP contribution in [0.15, 0.2) is 71.2 Å². The Hall–Kier alpha value is -2.84. The van der Waals surface area contributed by atoms with E-state index >= 15 is 0 Å². The Morgan fingerprint density at radius 3 is 1.12 bits per heavy atom. The summed E-state index contributed by atoms with van der Waals surface area (Å²) in [6.45, 7) is 0. The molecule has 8 nitrogen and oxygen atoms in total. The smallest absolute Gasteiger partial charge is 0.244 e. The molecule has 3 rings (SSSR count). The molecule has 10 heteroatoms. The Morgan fingerprint density at radius 2 is 0.958 bits per heavy atom. The lowest BCUT2D eigenvalue weighted by atomic mass is 10.1. The number of ketones is 2. The van der Waals surface area contributed by atoms with Crippen molar-refractivity contribution < 1.29 is 19.8 Å². The molecule has 0 saturated heterocycles. The monoisotopic (exact) mass is 368 g/mol. The van der Waals surface area contributed by atoms with Gasteiger partial charge in [-0.15, -0.1) is 0 Å². The molecule has 0 radical (unpaired) electrons. The molecule has 0 aliphatic heterocycles. The van der Waals surface area contributed by atoms with Gasteiger partial charge in [0.1, 0.15) is 22.7 Å². The van der Waals surface area contributed by atoms with E-state index in [1.165, 1.54) is 12.7 Å². The lowest BCUT2D eigenvalue weighted by Crippen LogP contribution is -2.19. The van der Waals surface area contributed by atoms with E-state index in [1.807, 2.05) is 0 Å². The van der Waals surface area contributed by atoms with E-state index in [-0.39, 0.29) is 0 Å². The van der Waals surface area contributed by atoms with Gasteiger partial charge in [-0.05, 0) is 12.1 Å². The molecule has 1 aliphatic rings. The summed E-state index contributed by atoms with van der Waals surface area (Å²) in [6.07, 6.45) is 9.75. The Bertz CT molecular complexity index is 605. The fourth-order valence-corrected chi connectivity index (χ4v) is 1.48. The Kier molecular flexibility index (Phi) is 8.03. The van der Waals surface area contributed by atoms with Gasteiger partial charge in [-0.2, -0.15) is 0 Å². The van der Waals surface area contributed by atoms with Crippen molar-refractivity contribution in [3.05, 3.63) is 71.2 Å². The molecule has 0 amide bonds. The normalized spacial score (nSPS) is 13.6. The molecule has 24 heavy (non-hydrogen) atoms. The van der Waals surface area contributed by atoms with Crippen LogP contribution in [0.3, 0.4) is 0 Å². The van der Waals surface area contributed by atoms with Gasteiger partial charge in [0.2, 0.25) is 11.6 Å². The predicted octanol–water partition coefficient (Wildman–Crippen LogP) is 2.11. The second-order valence-corrected chi connectivity index (χ2v) is 4.55. The van der Waals surface area contributed by atoms with E-state index in [2.05, 4.69) is 19.9 Å². The van der Waals surface area contributed by atoms with Gasteiger partial charge in [0.15, 0.2) is 11.5 Å². The summed E-state index contributed by atoms with van der Waals surface area (Å²) in [4.78, 5) is 36.3. The van der Waals surface area contributed by atoms with Gasteiger partial charge in [-0.25, -0.2) is 19.9 Å². The lowest BCUT2D eigenvalue weighted by molar-refractivity contribution is -0.119. The molecule has 124 valence electrons. The SMILES string of the molecule is O=C1C(O)=C(Cl)C(=O)C(O)=C1Cl.c1cncnc1.c1cncnc1. The first-order valence-corrected chi connectivity index (χ1v) is 6.89. The number of aromatic nitrogens is 4. The van der Waals surface area contributed by atoms with Gasteiger partial charge in [-0.3, -0.25) is 9.59 Å². The third-order valence-electron chi connectivity index (χ3n) is 2.20. The summed E-state index contributed by atoms with van der Waals surface area (Å²) < 4.78 is 0. The number of rotatable bonds is 0. The minimum absolute atomic E-state index is 0.720. The standard InChI is InChI=1S/C6H2Cl2O4.2C4H4N2/c7-1-3(9)5(11)2(8)6(12)4(1)10;2*1-2-5-4-6-3-1/h9,12H;2*1-4H. The minimum atomic E-state index is -1.06. The number of nitrogens with zero attached hydrogens (tertiary/aromatic N) is 4. The molecule has 0 saturated carbocycles. The number of hydrogen-bond acceptors (Lipinski definition) is 8. The van der Waals surface area contributed by atoms with E-state index in [4.69, 9.17) is 33.4 Å². The first-order chi connectivity index (χ1) is 11.5. The maximum Gasteiger partial charge on any atom is 0.244 e. The molecule has 2 N–H and O–H groups in total. The number of aliphatic hydroxyl groups is 2. The average Bonchev–Trinajstić information content (AvgIpc) is 2.67. The quantitative estimate of drug-likeness (QED) is 0.676. The maximum absolute atomic E-state index is 10.8. The molecular formula is C14H10Cl2N4O4. The Morgan fingerprint density at radius 1 is 0.667 bits per heavy atom. The summed E-state index contributed by atoms with van der Waals surface area (Å²) in [5.41, 5.74) is 0. The molecule has 0 bridgehead atoms. The second-order valence-electron chi connectivity index (χ2n) is 3.79. The summed E-state index contributed by atoms with van der Waals surface area (Å²) in [6, 6.07) is 3.56. The number of carbonyl (C=O) groups is 2. The lowest BCUT2D eigenvalue weighted by Gasteiger charge is -2.08. The summed E-state index contributed by atoms with van der Waals surface area (Å²) in [5, 5.41) is 16.3. The van der Waals surface area contributed by atoms with Crippen molar-refractivity contribution in [1.82, 2.24) is 19.9 Å². The molecular weight excluding hydrogens is 359 g/mol. The first-order valence-electron chi connectivity index (χ1n) is 6.13. The van der Waals surface area contributed by atoms with E-state index in [9.17, 15) is 9.59 Å². The number of carbonyl (C=O) groups excluding carboxylic acids is 2. The van der Waals surface area contributed by atoms with E-state index in [0.717, 1.165) is 0 Å². The zero-order valence-corrected chi connectivity index (χ0v) is 13.4. The molecule has 2 aromatic rings. The van der Waals surface area contributed by atoms with E-state index in [0.29, 0.717) is 0 Å². The number of Topliss-reactive ketones (excluding diaryl/α,β-unsaturated/α-hetero) is 2. The largest absolute Gasteiger partial charge is 0.503 e. The highest BCUT2D eigenvalue weighted by atomic mass is 35.5. The van der Waals surface area contributed by atoms with Crippen molar-refractivity contribution in [3.8, 4) is 0 Å². The third-order valence-corrected chi connectivity index (χ3v) is 2.90. The van der Waals surface area contributed by atoms with Gasteiger partial charge in [0, 0.05) is 24.8 Å². The van der Waals surface area contributed by atoms with Crippen LogP contribution in [-0.2, 0) is 9.59 Å². The van der Waals surface area contributed by atoms with Gasteiger partial charge >= 0.3 is 0 Å². The van der Waals surface area contributed by atoms with Crippen molar-refractivity contribution in [2.45, 2.75) is 0 Å². The maximum atomic E-state index is 10.8. The van der Waals surface area contributed by atoms with Crippen LogP contribution in [0.2, 0.25) is 0 Å². The topological polar surface area (TPSA) is 126 Å². The fraction of sp³-hybridized carbons (Fsp3) is 0. The van der Waals surface area contributed by atoms with Gasteiger partial charge in [0.25, 0.3) is 0 Å². The Balaban J connectivity index is 0.000000200. The van der Waals surface area contributed by atoms with Crippen LogP contribution < -0.4 is 0 Å². The van der Waals surface area contributed by atoms with Crippen molar-refractivity contribution in [2.24, 2.45) is 0 Å². The van der Waals surface area contributed by atoms with Crippen LogP contribution >= 0.6 is 23.2 Å². The molecule has 0 spiro atoms. The van der Waals surface area contributed by atoms with Crippen molar-refractivity contribution in [2.75, 3.05) is 0 Å². The van der Waals surface area contributed by atoms with Crippen molar-refractivity contribution >= 4 is 34.8 Å². The zero-order valence-electron chi connectivity index (χ0n) is 11.9. The zero-order chi connectivity index (χ0) is 17.9. The van der Waals surface area contributed by atoms with E-state index < -0.39 is 33.1 Å². The molecule has 0 unspecified atom stereocenters. The van der Waals surface area contributed by atoms with Gasteiger partial charge in [-0.1, -0.05) is 23.2 Å². The molecule has 0 fully saturated rings. The van der Waals surface area contributed by atoms with Gasteiger partial charge in [0.05, 0.1) is 0 Å². The number of allylic oxidation sites excluding steroid dienone is 2. The fourth-order valence-electron chi connectivity index (χ4n) is 1.13. The van der Waals surface area contributed by atoms with Crippen LogP contribution in [-0.4, -0.2) is 41.7 Å². The summed E-state index contributed by atoms with van der Waals surface area (Å²) in [7, 11) is 0. The Labute approximate surface area is 146 Å². The number of aliphatic hydroxyl groups excluding tert-OH is 2. The number of halogens is 2. The van der Waals surface area contributed by atoms with Crippen LogP contribution in [0.4, 0.5) is 0 Å². The number of hydrogen-bond donors (Lipinski definition) is 2. The second kappa shape index (κ2) is 10.0. The molecule has 2 aromatic heterocycles. The first kappa shape index (κ1) is 19.2. The minimum Gasteiger partial charge on any atom is -0.503 e. The van der Waals surface area contributed by atoms with Crippen LogP contribution in [0.1, 0.15) is 0 Å². The highest BCUT2D eigenvalue weighted by Gasteiger charge is 2.32. The third kappa shape index (κ3) is 5.75.